The van der Waals surface area contributed by atoms with Crippen molar-refractivity contribution in [3.05, 3.63) is 71.5 Å². The van der Waals surface area contributed by atoms with Gasteiger partial charge in [0.15, 0.2) is 0 Å². The molecule has 2 aromatic carbocycles. The molecule has 3 rings (SSSR count). The number of rotatable bonds is 6. The quantitative estimate of drug-likeness (QED) is 0.878. The van der Waals surface area contributed by atoms with Crippen LogP contribution in [0.2, 0.25) is 0 Å². The summed E-state index contributed by atoms with van der Waals surface area (Å²) in [5, 5.41) is 2.71. The van der Waals surface area contributed by atoms with Gasteiger partial charge >= 0.3 is 6.09 Å². The maximum Gasteiger partial charge on any atom is 0.410 e. The molecule has 25 heavy (non-hydrogen) atoms. The van der Waals surface area contributed by atoms with Crippen LogP contribution >= 0.6 is 0 Å². The van der Waals surface area contributed by atoms with E-state index in [1.165, 1.54) is 6.07 Å². The van der Waals surface area contributed by atoms with Crippen molar-refractivity contribution in [3.8, 4) is 0 Å². The molecule has 2 aromatic rings. The largest absolute Gasteiger partial charge is 0.439 e. The Hall–Kier alpha value is -2.89. The van der Waals surface area contributed by atoms with Gasteiger partial charge in [0.1, 0.15) is 11.9 Å². The number of cyclic esters (lactones) is 1. The summed E-state index contributed by atoms with van der Waals surface area (Å²) in [5.74, 6) is -0.677. The van der Waals surface area contributed by atoms with E-state index in [-0.39, 0.29) is 18.4 Å². The van der Waals surface area contributed by atoms with E-state index < -0.39 is 11.9 Å². The zero-order valence-corrected chi connectivity index (χ0v) is 13.7. The van der Waals surface area contributed by atoms with Gasteiger partial charge in [-0.25, -0.2) is 9.18 Å². The van der Waals surface area contributed by atoms with Gasteiger partial charge in [0.25, 0.3) is 0 Å². The SMILES string of the molecule is O=C(Cc1ccccc1F)NCCN1CC(c2ccccc2)OC1=O. The van der Waals surface area contributed by atoms with E-state index in [1.54, 1.807) is 23.1 Å². The molecule has 0 bridgehead atoms. The summed E-state index contributed by atoms with van der Waals surface area (Å²) in [6.07, 6.45) is -0.705. The highest BCUT2D eigenvalue weighted by molar-refractivity contribution is 5.78. The van der Waals surface area contributed by atoms with E-state index in [0.717, 1.165) is 5.56 Å². The van der Waals surface area contributed by atoms with Gasteiger partial charge in [0.05, 0.1) is 13.0 Å². The van der Waals surface area contributed by atoms with Crippen LogP contribution in [0.25, 0.3) is 0 Å². The van der Waals surface area contributed by atoms with Gasteiger partial charge in [-0.05, 0) is 17.2 Å². The Morgan fingerprint density at radius 3 is 2.64 bits per heavy atom. The first-order valence-electron chi connectivity index (χ1n) is 8.14. The molecule has 130 valence electrons. The maximum atomic E-state index is 13.5. The smallest absolute Gasteiger partial charge is 0.410 e. The zero-order chi connectivity index (χ0) is 17.6. The first kappa shape index (κ1) is 17.0. The summed E-state index contributed by atoms with van der Waals surface area (Å²) in [4.78, 5) is 25.4. The third kappa shape index (κ3) is 4.35. The van der Waals surface area contributed by atoms with Crippen molar-refractivity contribution in [3.63, 3.8) is 0 Å². The minimum absolute atomic E-state index is 0.0240. The highest BCUT2D eigenvalue weighted by atomic mass is 19.1. The lowest BCUT2D eigenvalue weighted by atomic mass is 10.1. The fourth-order valence-corrected chi connectivity index (χ4v) is 2.74. The summed E-state index contributed by atoms with van der Waals surface area (Å²) < 4.78 is 18.9. The number of nitrogens with one attached hydrogen (secondary N) is 1. The number of halogens is 1. The molecule has 1 unspecified atom stereocenters. The number of carbonyl (C=O) groups excluding carboxylic acids is 2. The lowest BCUT2D eigenvalue weighted by Crippen LogP contribution is -2.36. The van der Waals surface area contributed by atoms with Gasteiger partial charge in [-0.1, -0.05) is 48.5 Å². The predicted molar refractivity (Wildman–Crippen MR) is 90.4 cm³/mol. The zero-order valence-electron chi connectivity index (χ0n) is 13.7. The third-order valence-electron chi connectivity index (χ3n) is 4.07. The molecule has 5 nitrogen and oxygen atoms in total. The minimum atomic E-state index is -0.397. The number of hydrogen-bond donors (Lipinski definition) is 1. The number of benzene rings is 2. The molecule has 1 aliphatic heterocycles. The number of hydrogen-bond acceptors (Lipinski definition) is 3. The van der Waals surface area contributed by atoms with Crippen molar-refractivity contribution < 1.29 is 18.7 Å². The van der Waals surface area contributed by atoms with E-state index >= 15 is 0 Å². The van der Waals surface area contributed by atoms with Gasteiger partial charge in [0.2, 0.25) is 5.91 Å². The predicted octanol–water partition coefficient (Wildman–Crippen LogP) is 2.68. The molecule has 1 atom stereocenters. The Kier molecular flexibility index (Phi) is 5.28. The molecule has 0 aliphatic carbocycles. The second-order valence-electron chi connectivity index (χ2n) is 5.85. The molecule has 2 amide bonds. The molecule has 1 saturated heterocycles. The Labute approximate surface area is 145 Å². The monoisotopic (exact) mass is 342 g/mol. The average Bonchev–Trinajstić information content (AvgIpc) is 2.99. The first-order chi connectivity index (χ1) is 12.1. The molecule has 0 aromatic heterocycles. The van der Waals surface area contributed by atoms with Crippen LogP contribution in [0.1, 0.15) is 17.2 Å². The first-order valence-corrected chi connectivity index (χ1v) is 8.14. The van der Waals surface area contributed by atoms with Gasteiger partial charge in [-0.3, -0.25) is 4.79 Å². The van der Waals surface area contributed by atoms with Crippen LogP contribution in [-0.4, -0.2) is 36.5 Å². The number of amides is 2. The maximum absolute atomic E-state index is 13.5. The Morgan fingerprint density at radius 2 is 1.88 bits per heavy atom. The van der Waals surface area contributed by atoms with Gasteiger partial charge < -0.3 is 15.0 Å². The van der Waals surface area contributed by atoms with E-state index in [1.807, 2.05) is 30.3 Å². The Morgan fingerprint density at radius 1 is 1.16 bits per heavy atom. The second kappa shape index (κ2) is 7.79. The fraction of sp³-hybridized carbons (Fsp3) is 0.263. The van der Waals surface area contributed by atoms with Gasteiger partial charge in [-0.15, -0.1) is 0 Å². The Bertz CT molecular complexity index is 751. The van der Waals surface area contributed by atoms with Crippen molar-refractivity contribution in [1.82, 2.24) is 10.2 Å². The number of nitrogens with zero attached hydrogens (tertiary/aromatic N) is 1. The van der Waals surface area contributed by atoms with E-state index in [4.69, 9.17) is 4.74 Å². The van der Waals surface area contributed by atoms with Crippen molar-refractivity contribution in [1.29, 1.82) is 0 Å². The topological polar surface area (TPSA) is 58.6 Å². The van der Waals surface area contributed by atoms with Crippen LogP contribution in [-0.2, 0) is 16.0 Å². The molecule has 1 fully saturated rings. The second-order valence-corrected chi connectivity index (χ2v) is 5.85. The standard InChI is InChI=1S/C19H19FN2O3/c20-16-9-5-4-8-15(16)12-18(23)21-10-11-22-13-17(25-19(22)24)14-6-2-1-3-7-14/h1-9,17H,10-13H2,(H,21,23). The Balaban J connectivity index is 1.45. The number of ether oxygens (including phenoxy) is 1. The van der Waals surface area contributed by atoms with E-state index in [2.05, 4.69) is 5.32 Å². The van der Waals surface area contributed by atoms with Crippen LogP contribution in [0.3, 0.4) is 0 Å². The molecule has 0 spiro atoms. The summed E-state index contributed by atoms with van der Waals surface area (Å²) in [6.45, 7) is 1.10. The third-order valence-corrected chi connectivity index (χ3v) is 4.07. The summed E-state index contributed by atoms with van der Waals surface area (Å²) in [7, 11) is 0. The van der Waals surface area contributed by atoms with Crippen LogP contribution < -0.4 is 5.32 Å². The van der Waals surface area contributed by atoms with Crippen LogP contribution in [0.15, 0.2) is 54.6 Å². The van der Waals surface area contributed by atoms with Crippen LogP contribution in [0.5, 0.6) is 0 Å². The highest BCUT2D eigenvalue weighted by Gasteiger charge is 2.31. The van der Waals surface area contributed by atoms with Gasteiger partial charge in [-0.2, -0.15) is 0 Å². The lowest BCUT2D eigenvalue weighted by Gasteiger charge is -2.13. The van der Waals surface area contributed by atoms with Crippen molar-refractivity contribution in [2.75, 3.05) is 19.6 Å². The molecule has 6 heteroatoms. The summed E-state index contributed by atoms with van der Waals surface area (Å²) >= 11 is 0. The van der Waals surface area contributed by atoms with Crippen molar-refractivity contribution in [2.45, 2.75) is 12.5 Å². The van der Waals surface area contributed by atoms with E-state index in [0.29, 0.717) is 25.2 Å². The molecular formula is C19H19FN2O3. The molecular weight excluding hydrogens is 323 g/mol. The molecule has 1 aliphatic rings. The highest BCUT2D eigenvalue weighted by Crippen LogP contribution is 2.25. The fourth-order valence-electron chi connectivity index (χ4n) is 2.74. The summed E-state index contributed by atoms with van der Waals surface area (Å²) in [6, 6.07) is 15.7. The average molecular weight is 342 g/mol. The minimum Gasteiger partial charge on any atom is -0.439 e. The van der Waals surface area contributed by atoms with Crippen molar-refractivity contribution in [2.24, 2.45) is 0 Å². The van der Waals surface area contributed by atoms with Crippen molar-refractivity contribution >= 4 is 12.0 Å². The number of carbonyl (C=O) groups is 2. The normalized spacial score (nSPS) is 16.6. The molecule has 1 heterocycles. The molecule has 0 saturated carbocycles. The van der Waals surface area contributed by atoms with Crippen LogP contribution in [0, 0.1) is 5.82 Å². The van der Waals surface area contributed by atoms with E-state index in [9.17, 15) is 14.0 Å². The lowest BCUT2D eigenvalue weighted by molar-refractivity contribution is -0.120. The molecule has 0 radical (unpaired) electrons. The van der Waals surface area contributed by atoms with Crippen LogP contribution in [0.4, 0.5) is 9.18 Å². The summed E-state index contributed by atoms with van der Waals surface area (Å²) in [5.41, 5.74) is 1.30. The van der Waals surface area contributed by atoms with Gasteiger partial charge in [0, 0.05) is 13.1 Å². The molecule has 1 N–H and O–H groups in total.